The van der Waals surface area contributed by atoms with Gasteiger partial charge in [0.15, 0.2) is 0 Å². The van der Waals surface area contributed by atoms with E-state index in [9.17, 15) is 13.6 Å². The zero-order valence-corrected chi connectivity index (χ0v) is 15.0. The number of carbonyl (C=O) groups excluding carboxylic acids is 1. The standard InChI is InChI=1S/C21H17F2NO2S/c22-21(23)26-17-10-8-16(9-11-17)20(15-5-2-1-3-6-15)24-19(25)13-12-18-7-4-14-27-18/h1-14,20-21H,(H,24,25)/b13-12+/t20-/m1/s1. The monoisotopic (exact) mass is 385 g/mol. The Kier molecular flexibility index (Phi) is 6.33. The average Bonchev–Trinajstić information content (AvgIpc) is 3.19. The van der Waals surface area contributed by atoms with Gasteiger partial charge in [0.05, 0.1) is 6.04 Å². The maximum Gasteiger partial charge on any atom is 0.387 e. The normalized spacial score (nSPS) is 12.3. The van der Waals surface area contributed by atoms with Gasteiger partial charge >= 0.3 is 6.61 Å². The molecule has 1 atom stereocenters. The van der Waals surface area contributed by atoms with Gasteiger partial charge in [-0.2, -0.15) is 8.78 Å². The molecule has 0 fully saturated rings. The molecule has 0 unspecified atom stereocenters. The molecule has 3 aromatic rings. The number of rotatable bonds is 7. The third kappa shape index (κ3) is 5.49. The molecular weight excluding hydrogens is 368 g/mol. The molecule has 0 saturated carbocycles. The van der Waals surface area contributed by atoms with Gasteiger partial charge in [-0.25, -0.2) is 0 Å². The molecule has 0 aliphatic rings. The van der Waals surface area contributed by atoms with Crippen LogP contribution < -0.4 is 10.1 Å². The Morgan fingerprint density at radius 1 is 0.963 bits per heavy atom. The fourth-order valence-electron chi connectivity index (χ4n) is 2.58. The van der Waals surface area contributed by atoms with Crippen LogP contribution in [0.25, 0.3) is 6.08 Å². The smallest absolute Gasteiger partial charge is 0.387 e. The first-order valence-electron chi connectivity index (χ1n) is 8.23. The molecule has 0 aliphatic heterocycles. The summed E-state index contributed by atoms with van der Waals surface area (Å²) in [6.45, 7) is -2.87. The van der Waals surface area contributed by atoms with Crippen LogP contribution in [0.3, 0.4) is 0 Å². The minimum Gasteiger partial charge on any atom is -0.435 e. The van der Waals surface area contributed by atoms with Crippen molar-refractivity contribution < 1.29 is 18.3 Å². The number of nitrogens with one attached hydrogen (secondary N) is 1. The molecule has 3 nitrogen and oxygen atoms in total. The zero-order chi connectivity index (χ0) is 19.1. The van der Waals surface area contributed by atoms with Crippen LogP contribution in [0.15, 0.2) is 78.2 Å². The quantitative estimate of drug-likeness (QED) is 0.563. The van der Waals surface area contributed by atoms with Crippen LogP contribution in [-0.4, -0.2) is 12.5 Å². The molecule has 0 aliphatic carbocycles. The van der Waals surface area contributed by atoms with Gasteiger partial charge in [0, 0.05) is 11.0 Å². The predicted molar refractivity (Wildman–Crippen MR) is 103 cm³/mol. The minimum atomic E-state index is -2.87. The summed E-state index contributed by atoms with van der Waals surface area (Å²) in [5.74, 6) is -0.172. The van der Waals surface area contributed by atoms with Crippen molar-refractivity contribution in [1.82, 2.24) is 5.32 Å². The number of alkyl halides is 2. The van der Waals surface area contributed by atoms with Crippen molar-refractivity contribution in [2.24, 2.45) is 0 Å². The van der Waals surface area contributed by atoms with Crippen molar-refractivity contribution in [1.29, 1.82) is 0 Å². The number of ether oxygens (including phenoxy) is 1. The van der Waals surface area contributed by atoms with Gasteiger partial charge < -0.3 is 10.1 Å². The van der Waals surface area contributed by atoms with Crippen molar-refractivity contribution in [3.63, 3.8) is 0 Å². The van der Waals surface area contributed by atoms with E-state index in [0.29, 0.717) is 0 Å². The number of benzene rings is 2. The molecule has 1 amide bonds. The highest BCUT2D eigenvalue weighted by molar-refractivity contribution is 7.10. The molecule has 0 bridgehead atoms. The number of amides is 1. The number of thiophene rings is 1. The van der Waals surface area contributed by atoms with Crippen molar-refractivity contribution in [2.45, 2.75) is 12.7 Å². The maximum absolute atomic E-state index is 12.4. The molecule has 0 radical (unpaired) electrons. The summed E-state index contributed by atoms with van der Waals surface area (Å²) in [7, 11) is 0. The second-order valence-corrected chi connectivity index (χ2v) is 6.63. The molecule has 27 heavy (non-hydrogen) atoms. The van der Waals surface area contributed by atoms with E-state index in [1.54, 1.807) is 29.5 Å². The van der Waals surface area contributed by atoms with Crippen LogP contribution >= 0.6 is 11.3 Å². The van der Waals surface area contributed by atoms with Gasteiger partial charge in [-0.1, -0.05) is 48.5 Å². The topological polar surface area (TPSA) is 38.3 Å². The van der Waals surface area contributed by atoms with E-state index in [2.05, 4.69) is 10.1 Å². The lowest BCUT2D eigenvalue weighted by Gasteiger charge is -2.19. The van der Waals surface area contributed by atoms with Crippen LogP contribution in [0.1, 0.15) is 22.0 Å². The number of carbonyl (C=O) groups is 1. The molecular formula is C21H17F2NO2S. The highest BCUT2D eigenvalue weighted by Crippen LogP contribution is 2.25. The Hall–Kier alpha value is -2.99. The average molecular weight is 385 g/mol. The molecule has 0 saturated heterocycles. The first-order chi connectivity index (χ1) is 13.1. The third-order valence-corrected chi connectivity index (χ3v) is 4.64. The maximum atomic E-state index is 12.4. The second-order valence-electron chi connectivity index (χ2n) is 5.65. The van der Waals surface area contributed by atoms with Gasteiger partial charge in [0.2, 0.25) is 5.91 Å². The Labute approximate surface area is 159 Å². The lowest BCUT2D eigenvalue weighted by atomic mass is 9.98. The van der Waals surface area contributed by atoms with E-state index in [1.165, 1.54) is 18.2 Å². The van der Waals surface area contributed by atoms with Gasteiger partial charge in [-0.15, -0.1) is 11.3 Å². The van der Waals surface area contributed by atoms with Gasteiger partial charge in [-0.05, 0) is 40.8 Å². The number of hydrogen-bond acceptors (Lipinski definition) is 3. The second kappa shape index (κ2) is 9.09. The van der Waals surface area contributed by atoms with Crippen LogP contribution in [0.5, 0.6) is 5.75 Å². The van der Waals surface area contributed by atoms with Gasteiger partial charge in [0.25, 0.3) is 0 Å². The van der Waals surface area contributed by atoms with Gasteiger partial charge in [-0.3, -0.25) is 4.79 Å². The summed E-state index contributed by atoms with van der Waals surface area (Å²) < 4.78 is 29.0. The number of hydrogen-bond donors (Lipinski definition) is 1. The van der Waals surface area contributed by atoms with Crippen LogP contribution in [0, 0.1) is 0 Å². The lowest BCUT2D eigenvalue weighted by molar-refractivity contribution is -0.116. The Morgan fingerprint density at radius 2 is 1.67 bits per heavy atom. The van der Waals surface area contributed by atoms with Crippen molar-refractivity contribution >= 4 is 23.3 Å². The summed E-state index contributed by atoms with van der Waals surface area (Å²) in [6.07, 6.45) is 3.23. The Bertz CT molecular complexity index is 878. The summed E-state index contributed by atoms with van der Waals surface area (Å²) in [4.78, 5) is 13.4. The summed E-state index contributed by atoms with van der Waals surface area (Å²) in [6, 6.07) is 19.1. The highest BCUT2D eigenvalue weighted by Gasteiger charge is 2.16. The van der Waals surface area contributed by atoms with Crippen molar-refractivity contribution in [3.8, 4) is 5.75 Å². The predicted octanol–water partition coefficient (Wildman–Crippen LogP) is 5.27. The van der Waals surface area contributed by atoms with E-state index in [-0.39, 0.29) is 11.7 Å². The van der Waals surface area contributed by atoms with E-state index >= 15 is 0 Å². The van der Waals surface area contributed by atoms with E-state index in [0.717, 1.165) is 16.0 Å². The summed E-state index contributed by atoms with van der Waals surface area (Å²) >= 11 is 1.54. The van der Waals surface area contributed by atoms with E-state index < -0.39 is 12.7 Å². The van der Waals surface area contributed by atoms with Crippen LogP contribution in [0.2, 0.25) is 0 Å². The van der Waals surface area contributed by atoms with E-state index in [4.69, 9.17) is 0 Å². The summed E-state index contributed by atoms with van der Waals surface area (Å²) in [5.41, 5.74) is 1.65. The SMILES string of the molecule is O=C(/C=C/c1cccs1)N[C@H](c1ccccc1)c1ccc(OC(F)F)cc1. The Morgan fingerprint density at radius 3 is 2.30 bits per heavy atom. The lowest BCUT2D eigenvalue weighted by Crippen LogP contribution is -2.27. The zero-order valence-electron chi connectivity index (χ0n) is 14.2. The fraction of sp³-hybridized carbons (Fsp3) is 0.0952. The van der Waals surface area contributed by atoms with Crippen LogP contribution in [-0.2, 0) is 4.79 Å². The largest absolute Gasteiger partial charge is 0.435 e. The third-order valence-electron chi connectivity index (χ3n) is 3.80. The van der Waals surface area contributed by atoms with Crippen LogP contribution in [0.4, 0.5) is 8.78 Å². The number of halogens is 2. The molecule has 0 spiro atoms. The first kappa shape index (κ1) is 18.8. The highest BCUT2D eigenvalue weighted by atomic mass is 32.1. The fourth-order valence-corrected chi connectivity index (χ4v) is 3.20. The molecule has 1 heterocycles. The van der Waals surface area contributed by atoms with Crippen molar-refractivity contribution in [2.75, 3.05) is 0 Å². The molecule has 1 aromatic heterocycles. The molecule has 2 aromatic carbocycles. The summed E-state index contributed by atoms with van der Waals surface area (Å²) in [5, 5.41) is 4.90. The first-order valence-corrected chi connectivity index (χ1v) is 9.11. The van der Waals surface area contributed by atoms with E-state index in [1.807, 2.05) is 47.8 Å². The van der Waals surface area contributed by atoms with Gasteiger partial charge in [0.1, 0.15) is 5.75 Å². The van der Waals surface area contributed by atoms with Crippen molar-refractivity contribution in [3.05, 3.63) is 94.2 Å². The molecule has 6 heteroatoms. The molecule has 138 valence electrons. The Balaban J connectivity index is 1.80. The molecule has 1 N–H and O–H groups in total. The minimum absolute atomic E-state index is 0.0736. The molecule has 3 rings (SSSR count).